The molecule has 0 aliphatic rings. The number of nitrogens with one attached hydrogen (secondary N) is 1. The van der Waals surface area contributed by atoms with Crippen LogP contribution in [0.5, 0.6) is 5.75 Å². The van der Waals surface area contributed by atoms with E-state index >= 15 is 0 Å². The number of nitrogens with zero attached hydrogens (tertiary/aromatic N) is 2. The molecule has 0 spiro atoms. The average Bonchev–Trinajstić information content (AvgIpc) is 3.15. The van der Waals surface area contributed by atoms with Gasteiger partial charge in [-0.05, 0) is 30.3 Å². The van der Waals surface area contributed by atoms with Gasteiger partial charge in [0.1, 0.15) is 6.61 Å². The van der Waals surface area contributed by atoms with Gasteiger partial charge in [-0.1, -0.05) is 18.2 Å². The van der Waals surface area contributed by atoms with Crippen LogP contribution in [-0.4, -0.2) is 36.0 Å². The highest BCUT2D eigenvalue weighted by Gasteiger charge is 2.12. The van der Waals surface area contributed by atoms with Gasteiger partial charge in [-0.2, -0.15) is 5.10 Å². The Labute approximate surface area is 150 Å². The lowest BCUT2D eigenvalue weighted by Crippen LogP contribution is -2.13. The van der Waals surface area contributed by atoms with Gasteiger partial charge in [0.05, 0.1) is 12.3 Å². The van der Waals surface area contributed by atoms with Gasteiger partial charge in [0.25, 0.3) is 5.91 Å². The summed E-state index contributed by atoms with van der Waals surface area (Å²) in [6, 6.07) is 15.3. The van der Waals surface area contributed by atoms with Gasteiger partial charge >= 0.3 is 0 Å². The van der Waals surface area contributed by atoms with Gasteiger partial charge in [0.2, 0.25) is 0 Å². The number of halogens is 1. The number of para-hydroxylation sites is 1. The van der Waals surface area contributed by atoms with Gasteiger partial charge in [0, 0.05) is 25.1 Å². The molecule has 7 heteroatoms. The van der Waals surface area contributed by atoms with E-state index in [1.54, 1.807) is 23.0 Å². The number of benzene rings is 2. The molecular weight excluding hydrogens is 337 g/mol. The number of methoxy groups -OCH3 is 1. The highest BCUT2D eigenvalue weighted by Crippen LogP contribution is 2.21. The van der Waals surface area contributed by atoms with Crippen molar-refractivity contribution in [1.29, 1.82) is 0 Å². The van der Waals surface area contributed by atoms with Crippen molar-refractivity contribution in [2.24, 2.45) is 0 Å². The van der Waals surface area contributed by atoms with Gasteiger partial charge in [-0.25, -0.2) is 9.07 Å². The van der Waals surface area contributed by atoms with E-state index in [0.29, 0.717) is 12.3 Å². The summed E-state index contributed by atoms with van der Waals surface area (Å²) in [5.41, 5.74) is 1.39. The van der Waals surface area contributed by atoms with Gasteiger partial charge < -0.3 is 14.8 Å². The van der Waals surface area contributed by atoms with E-state index in [9.17, 15) is 9.18 Å². The normalized spacial score (nSPS) is 10.5. The smallest absolute Gasteiger partial charge is 0.276 e. The maximum atomic E-state index is 14.0. The fourth-order valence-electron chi connectivity index (χ4n) is 2.30. The number of rotatable bonds is 7. The third-order valence-corrected chi connectivity index (χ3v) is 3.58. The number of aromatic nitrogens is 2. The summed E-state index contributed by atoms with van der Waals surface area (Å²) >= 11 is 0. The number of hydrogen-bond donors (Lipinski definition) is 1. The second kappa shape index (κ2) is 8.26. The molecule has 26 heavy (non-hydrogen) atoms. The quantitative estimate of drug-likeness (QED) is 0.661. The summed E-state index contributed by atoms with van der Waals surface area (Å²) in [7, 11) is 1.54. The Morgan fingerprint density at radius 2 is 1.96 bits per heavy atom. The molecule has 0 aliphatic heterocycles. The Hall–Kier alpha value is -3.19. The first-order chi connectivity index (χ1) is 12.7. The van der Waals surface area contributed by atoms with Crippen LogP contribution in [0.3, 0.4) is 0 Å². The third-order valence-electron chi connectivity index (χ3n) is 3.58. The highest BCUT2D eigenvalue weighted by atomic mass is 19.1. The molecule has 0 atom stereocenters. The Balaban J connectivity index is 1.66. The number of anilines is 1. The fourth-order valence-corrected chi connectivity index (χ4v) is 2.30. The minimum atomic E-state index is -0.561. The van der Waals surface area contributed by atoms with Crippen LogP contribution in [-0.2, 0) is 4.74 Å². The molecule has 2 aromatic carbocycles. The zero-order chi connectivity index (χ0) is 18.4. The molecule has 0 saturated carbocycles. The number of ether oxygens (including phenoxy) is 2. The lowest BCUT2D eigenvalue weighted by atomic mass is 10.2. The zero-order valence-electron chi connectivity index (χ0n) is 14.2. The standard InChI is InChI=1S/C19H18FN3O3/c1-25-11-12-26-18-8-7-14(13-16(18)20)21-19(24)17-9-10-23(22-17)15-5-3-2-4-6-15/h2-10,13H,11-12H2,1H3,(H,21,24). The van der Waals surface area contributed by atoms with Crippen molar-refractivity contribution < 1.29 is 18.7 Å². The van der Waals surface area contributed by atoms with Crippen LogP contribution in [0.15, 0.2) is 60.8 Å². The number of carbonyl (C=O) groups is 1. The summed E-state index contributed by atoms with van der Waals surface area (Å²) < 4.78 is 25.7. The second-order valence-corrected chi connectivity index (χ2v) is 5.42. The Kier molecular flexibility index (Phi) is 5.60. The Morgan fingerprint density at radius 1 is 1.15 bits per heavy atom. The summed E-state index contributed by atoms with van der Waals surface area (Å²) in [4.78, 5) is 12.3. The predicted octanol–water partition coefficient (Wildman–Crippen LogP) is 3.29. The molecule has 0 saturated heterocycles. The van der Waals surface area contributed by atoms with Crippen molar-refractivity contribution in [2.75, 3.05) is 25.6 Å². The largest absolute Gasteiger partial charge is 0.488 e. The van der Waals surface area contributed by atoms with Crippen molar-refractivity contribution in [3.05, 3.63) is 72.3 Å². The molecule has 3 rings (SSSR count). The first-order valence-electron chi connectivity index (χ1n) is 8.01. The molecule has 1 aromatic heterocycles. The molecule has 0 radical (unpaired) electrons. The topological polar surface area (TPSA) is 65.4 Å². The van der Waals surface area contributed by atoms with Gasteiger partial charge in [0.15, 0.2) is 17.3 Å². The van der Waals surface area contributed by atoms with Crippen LogP contribution < -0.4 is 10.1 Å². The van der Waals surface area contributed by atoms with E-state index in [1.165, 1.54) is 19.2 Å². The number of carbonyl (C=O) groups excluding carboxylic acids is 1. The van der Waals surface area contributed by atoms with E-state index in [2.05, 4.69) is 10.4 Å². The summed E-state index contributed by atoms with van der Waals surface area (Å²) in [6.07, 6.45) is 1.69. The summed E-state index contributed by atoms with van der Waals surface area (Å²) in [5.74, 6) is -0.880. The predicted molar refractivity (Wildman–Crippen MR) is 95.3 cm³/mol. The molecule has 0 bridgehead atoms. The van der Waals surface area contributed by atoms with Crippen LogP contribution >= 0.6 is 0 Å². The lowest BCUT2D eigenvalue weighted by molar-refractivity contribution is 0.102. The second-order valence-electron chi connectivity index (χ2n) is 5.42. The molecule has 1 amide bonds. The van der Waals surface area contributed by atoms with E-state index in [1.807, 2.05) is 30.3 Å². The van der Waals surface area contributed by atoms with Crippen molar-refractivity contribution in [3.63, 3.8) is 0 Å². The molecule has 1 heterocycles. The maximum absolute atomic E-state index is 14.0. The molecule has 6 nitrogen and oxygen atoms in total. The van der Waals surface area contributed by atoms with Gasteiger partial charge in [-0.3, -0.25) is 4.79 Å². The van der Waals surface area contributed by atoms with E-state index in [-0.39, 0.29) is 18.1 Å². The average molecular weight is 355 g/mol. The number of amides is 1. The third kappa shape index (κ3) is 4.25. The number of hydrogen-bond acceptors (Lipinski definition) is 4. The van der Waals surface area contributed by atoms with E-state index in [4.69, 9.17) is 9.47 Å². The minimum Gasteiger partial charge on any atom is -0.488 e. The molecule has 0 fully saturated rings. The molecule has 0 aliphatic carbocycles. The van der Waals surface area contributed by atoms with Crippen LogP contribution in [0.1, 0.15) is 10.5 Å². The highest BCUT2D eigenvalue weighted by molar-refractivity contribution is 6.02. The van der Waals surface area contributed by atoms with Crippen molar-refractivity contribution in [2.45, 2.75) is 0 Å². The lowest BCUT2D eigenvalue weighted by Gasteiger charge is -2.09. The Morgan fingerprint density at radius 3 is 2.69 bits per heavy atom. The minimum absolute atomic E-state index is 0.105. The Bertz CT molecular complexity index is 881. The SMILES string of the molecule is COCCOc1ccc(NC(=O)c2ccn(-c3ccccc3)n2)cc1F. The molecular formula is C19H18FN3O3. The first kappa shape index (κ1) is 17.6. The summed E-state index contributed by atoms with van der Waals surface area (Å²) in [6.45, 7) is 0.609. The van der Waals surface area contributed by atoms with Crippen LogP contribution in [0.2, 0.25) is 0 Å². The molecule has 0 unspecified atom stereocenters. The van der Waals surface area contributed by atoms with Gasteiger partial charge in [-0.15, -0.1) is 0 Å². The van der Waals surface area contributed by atoms with E-state index in [0.717, 1.165) is 5.69 Å². The zero-order valence-corrected chi connectivity index (χ0v) is 14.2. The van der Waals surface area contributed by atoms with Crippen molar-refractivity contribution >= 4 is 11.6 Å². The maximum Gasteiger partial charge on any atom is 0.276 e. The van der Waals surface area contributed by atoms with Crippen molar-refractivity contribution in [3.8, 4) is 11.4 Å². The monoisotopic (exact) mass is 355 g/mol. The molecule has 3 aromatic rings. The van der Waals surface area contributed by atoms with Crippen LogP contribution in [0.4, 0.5) is 10.1 Å². The molecule has 1 N–H and O–H groups in total. The van der Waals surface area contributed by atoms with Crippen LogP contribution in [0, 0.1) is 5.82 Å². The van der Waals surface area contributed by atoms with Crippen molar-refractivity contribution in [1.82, 2.24) is 9.78 Å². The fraction of sp³-hybridized carbons (Fsp3) is 0.158. The first-order valence-corrected chi connectivity index (χ1v) is 8.01. The van der Waals surface area contributed by atoms with E-state index < -0.39 is 11.7 Å². The van der Waals surface area contributed by atoms with Crippen LogP contribution in [0.25, 0.3) is 5.69 Å². The summed E-state index contributed by atoms with van der Waals surface area (Å²) in [5, 5.41) is 6.86. The molecule has 134 valence electrons.